The van der Waals surface area contributed by atoms with Crippen molar-refractivity contribution in [2.45, 2.75) is 24.3 Å². The second-order valence-electron chi connectivity index (χ2n) is 4.43. The molecular weight excluding hydrogens is 222 g/mol. The number of aromatic hydroxyl groups is 1. The van der Waals surface area contributed by atoms with E-state index in [0.717, 1.165) is 5.56 Å². The molecular formula is C12H17NO4. The fourth-order valence-electron chi connectivity index (χ4n) is 2.44. The largest absolute Gasteiger partial charge is 0.508 e. The maximum Gasteiger partial charge on any atom is 0.115 e. The summed E-state index contributed by atoms with van der Waals surface area (Å²) >= 11 is 0. The van der Waals surface area contributed by atoms with Gasteiger partial charge in [-0.15, -0.1) is 0 Å². The molecule has 5 nitrogen and oxygen atoms in total. The molecule has 0 unspecified atom stereocenters. The summed E-state index contributed by atoms with van der Waals surface area (Å²) in [6.07, 6.45) is -1.91. The van der Waals surface area contributed by atoms with Gasteiger partial charge in [-0.1, -0.05) is 12.1 Å². The first-order valence-corrected chi connectivity index (χ1v) is 5.54. The molecule has 1 fully saturated rings. The third-order valence-electron chi connectivity index (χ3n) is 3.45. The van der Waals surface area contributed by atoms with Gasteiger partial charge in [-0.2, -0.15) is 0 Å². The molecule has 1 aliphatic rings. The van der Waals surface area contributed by atoms with Crippen LogP contribution >= 0.6 is 0 Å². The number of phenolic OH excluding ortho intramolecular Hbond substituents is 1. The van der Waals surface area contributed by atoms with Crippen LogP contribution in [0.15, 0.2) is 24.3 Å². The van der Waals surface area contributed by atoms with Crippen molar-refractivity contribution >= 4 is 0 Å². The van der Waals surface area contributed by atoms with E-state index in [2.05, 4.69) is 0 Å². The van der Waals surface area contributed by atoms with E-state index in [1.807, 2.05) is 0 Å². The monoisotopic (exact) mass is 239 g/mol. The predicted molar refractivity (Wildman–Crippen MR) is 61.5 cm³/mol. The Balaban J connectivity index is 2.29. The van der Waals surface area contributed by atoms with E-state index in [0.29, 0.717) is 0 Å². The molecule has 0 aliphatic carbocycles. The van der Waals surface area contributed by atoms with E-state index in [9.17, 15) is 20.4 Å². The maximum absolute atomic E-state index is 9.99. The molecule has 2 rings (SSSR count). The molecule has 1 aromatic carbocycles. The minimum atomic E-state index is -0.969. The van der Waals surface area contributed by atoms with Gasteiger partial charge in [-0.05, 0) is 24.7 Å². The lowest BCUT2D eigenvalue weighted by molar-refractivity contribution is 0.0184. The van der Waals surface area contributed by atoms with E-state index in [1.165, 1.54) is 12.1 Å². The Morgan fingerprint density at radius 2 is 1.71 bits per heavy atom. The van der Waals surface area contributed by atoms with E-state index in [-0.39, 0.29) is 18.4 Å². The minimum absolute atomic E-state index is 0.156. The molecule has 94 valence electrons. The Morgan fingerprint density at radius 3 is 2.18 bits per heavy atom. The molecule has 5 heteroatoms. The van der Waals surface area contributed by atoms with Crippen molar-refractivity contribution in [2.75, 3.05) is 13.7 Å². The van der Waals surface area contributed by atoms with Gasteiger partial charge in [0.15, 0.2) is 0 Å². The number of benzene rings is 1. The minimum Gasteiger partial charge on any atom is -0.508 e. The quantitative estimate of drug-likeness (QED) is 0.557. The molecule has 1 aromatic rings. The van der Waals surface area contributed by atoms with Crippen molar-refractivity contribution in [3.8, 4) is 5.75 Å². The summed E-state index contributed by atoms with van der Waals surface area (Å²) in [5, 5.41) is 38.2. The summed E-state index contributed by atoms with van der Waals surface area (Å²) in [4.78, 5) is 1.75. The maximum atomic E-state index is 9.99. The van der Waals surface area contributed by atoms with Gasteiger partial charge in [0.1, 0.15) is 11.9 Å². The Morgan fingerprint density at radius 1 is 1.12 bits per heavy atom. The number of hydrogen-bond donors (Lipinski definition) is 4. The Hall–Kier alpha value is -1.14. The molecule has 1 aliphatic heterocycles. The van der Waals surface area contributed by atoms with Crippen molar-refractivity contribution in [1.82, 2.24) is 4.90 Å². The molecule has 0 radical (unpaired) electrons. The van der Waals surface area contributed by atoms with Gasteiger partial charge >= 0.3 is 0 Å². The lowest BCUT2D eigenvalue weighted by Gasteiger charge is -2.25. The van der Waals surface area contributed by atoms with Crippen LogP contribution in [-0.2, 0) is 0 Å². The van der Waals surface area contributed by atoms with Crippen LogP contribution in [0.4, 0.5) is 0 Å². The summed E-state index contributed by atoms with van der Waals surface area (Å²) in [5.74, 6) is 0.156. The number of phenols is 1. The van der Waals surface area contributed by atoms with E-state index in [4.69, 9.17) is 0 Å². The number of nitrogens with zero attached hydrogens (tertiary/aromatic N) is 1. The van der Waals surface area contributed by atoms with Gasteiger partial charge in [-0.3, -0.25) is 4.90 Å². The van der Waals surface area contributed by atoms with Gasteiger partial charge < -0.3 is 20.4 Å². The third-order valence-corrected chi connectivity index (χ3v) is 3.45. The van der Waals surface area contributed by atoms with Crippen molar-refractivity contribution in [1.29, 1.82) is 0 Å². The molecule has 17 heavy (non-hydrogen) atoms. The number of hydrogen-bond acceptors (Lipinski definition) is 5. The highest BCUT2D eigenvalue weighted by Gasteiger charge is 2.45. The van der Waals surface area contributed by atoms with Crippen LogP contribution in [0.5, 0.6) is 5.75 Å². The molecule has 0 bridgehead atoms. The fraction of sp³-hybridized carbons (Fsp3) is 0.500. The number of aliphatic hydroxyl groups excluding tert-OH is 3. The molecule has 0 spiro atoms. The van der Waals surface area contributed by atoms with Crippen LogP contribution in [0, 0.1) is 0 Å². The van der Waals surface area contributed by atoms with Crippen molar-refractivity contribution in [2.24, 2.45) is 0 Å². The smallest absolute Gasteiger partial charge is 0.115 e. The number of rotatable bonds is 2. The van der Waals surface area contributed by atoms with E-state index < -0.39 is 18.2 Å². The fourth-order valence-corrected chi connectivity index (χ4v) is 2.44. The van der Waals surface area contributed by atoms with E-state index >= 15 is 0 Å². The molecule has 4 atom stereocenters. The summed E-state index contributed by atoms with van der Waals surface area (Å²) in [7, 11) is 1.75. The second-order valence-corrected chi connectivity index (χ2v) is 4.43. The second kappa shape index (κ2) is 4.62. The first kappa shape index (κ1) is 12.3. The lowest BCUT2D eigenvalue weighted by atomic mass is 10.0. The Labute approximate surface area is 99.6 Å². The van der Waals surface area contributed by atoms with Gasteiger partial charge in [0, 0.05) is 0 Å². The average Bonchev–Trinajstić information content (AvgIpc) is 2.52. The van der Waals surface area contributed by atoms with Gasteiger partial charge in [0.05, 0.1) is 24.8 Å². The first-order valence-electron chi connectivity index (χ1n) is 5.54. The highest BCUT2D eigenvalue weighted by atomic mass is 16.3. The summed E-state index contributed by atoms with van der Waals surface area (Å²) in [5.41, 5.74) is 0.799. The van der Waals surface area contributed by atoms with Crippen LogP contribution in [0.1, 0.15) is 11.6 Å². The molecule has 0 saturated carbocycles. The topological polar surface area (TPSA) is 84.2 Å². The van der Waals surface area contributed by atoms with Crippen molar-refractivity contribution in [3.63, 3.8) is 0 Å². The van der Waals surface area contributed by atoms with Gasteiger partial charge in [0.25, 0.3) is 0 Å². The molecule has 4 N–H and O–H groups in total. The van der Waals surface area contributed by atoms with Crippen LogP contribution < -0.4 is 0 Å². The zero-order chi connectivity index (χ0) is 12.6. The van der Waals surface area contributed by atoms with Gasteiger partial charge in [0.2, 0.25) is 0 Å². The number of aliphatic hydroxyl groups is 3. The van der Waals surface area contributed by atoms with Crippen molar-refractivity contribution in [3.05, 3.63) is 29.8 Å². The predicted octanol–water partition coefficient (Wildman–Crippen LogP) is -0.539. The van der Waals surface area contributed by atoms with Crippen LogP contribution in [0.2, 0.25) is 0 Å². The highest BCUT2D eigenvalue weighted by molar-refractivity contribution is 5.30. The normalized spacial score (nSPS) is 34.1. The molecule has 1 heterocycles. The van der Waals surface area contributed by atoms with E-state index in [1.54, 1.807) is 24.1 Å². The first-order chi connectivity index (χ1) is 8.06. The van der Waals surface area contributed by atoms with Crippen molar-refractivity contribution < 1.29 is 20.4 Å². The zero-order valence-electron chi connectivity index (χ0n) is 9.56. The Bertz CT molecular complexity index is 381. The summed E-state index contributed by atoms with van der Waals surface area (Å²) in [6, 6.07) is 5.63. The SMILES string of the molecule is CN1[C@@H](CO)[C@H](O)[C@@H](O)[C@@H]1c1ccc(O)cc1. The standard InChI is InChI=1S/C12H17NO4/c1-13-9(6-14)11(16)12(17)10(13)7-2-4-8(15)5-3-7/h2-5,9-12,14-17H,6H2,1H3/t9-,10-,11-,12-/m0/s1. The molecule has 0 aromatic heterocycles. The summed E-state index contributed by atoms with van der Waals surface area (Å²) in [6.45, 7) is -0.205. The van der Waals surface area contributed by atoms with Crippen LogP contribution in [0.25, 0.3) is 0 Å². The molecule has 1 saturated heterocycles. The average molecular weight is 239 g/mol. The number of likely N-dealkylation sites (tertiary alicyclic amines) is 1. The Kier molecular flexibility index (Phi) is 3.35. The number of likely N-dealkylation sites (N-methyl/N-ethyl adjacent to an activating group) is 1. The zero-order valence-corrected chi connectivity index (χ0v) is 9.56. The lowest BCUT2D eigenvalue weighted by Crippen LogP contribution is -2.37. The van der Waals surface area contributed by atoms with Crippen LogP contribution in [0.3, 0.4) is 0 Å². The highest BCUT2D eigenvalue weighted by Crippen LogP contribution is 2.35. The molecule has 0 amide bonds. The van der Waals surface area contributed by atoms with Gasteiger partial charge in [-0.25, -0.2) is 0 Å². The van der Waals surface area contributed by atoms with Crippen LogP contribution in [-0.4, -0.2) is 57.2 Å². The third kappa shape index (κ3) is 2.02. The summed E-state index contributed by atoms with van der Waals surface area (Å²) < 4.78 is 0.